The van der Waals surface area contributed by atoms with Crippen molar-refractivity contribution in [1.82, 2.24) is 15.1 Å². The van der Waals surface area contributed by atoms with Crippen LogP contribution in [0.3, 0.4) is 0 Å². The Morgan fingerprint density at radius 1 is 1.53 bits per heavy atom. The van der Waals surface area contributed by atoms with Gasteiger partial charge in [0.15, 0.2) is 0 Å². The predicted octanol–water partition coefficient (Wildman–Crippen LogP) is 0.716. The van der Waals surface area contributed by atoms with Gasteiger partial charge in [-0.15, -0.1) is 11.6 Å². The van der Waals surface area contributed by atoms with Gasteiger partial charge in [0, 0.05) is 18.5 Å². The van der Waals surface area contributed by atoms with Crippen LogP contribution in [-0.4, -0.2) is 46.4 Å². The Morgan fingerprint density at radius 3 is 2.71 bits per heavy atom. The maximum Gasteiger partial charge on any atom is 0.274 e. The molecule has 0 saturated carbocycles. The number of halogens is 3. The van der Waals surface area contributed by atoms with Crippen molar-refractivity contribution in [2.24, 2.45) is 0 Å². The lowest BCUT2D eigenvalue weighted by atomic mass is 10.3. The van der Waals surface area contributed by atoms with Crippen molar-refractivity contribution >= 4 is 17.5 Å². The van der Waals surface area contributed by atoms with Crippen LogP contribution in [0.15, 0.2) is 16.9 Å². The highest BCUT2D eigenvalue weighted by molar-refractivity contribution is 6.18. The van der Waals surface area contributed by atoms with Gasteiger partial charge in [-0.3, -0.25) is 9.59 Å². The first-order valence-corrected chi connectivity index (χ1v) is 5.27. The number of amides is 1. The van der Waals surface area contributed by atoms with Crippen molar-refractivity contribution in [3.05, 3.63) is 28.2 Å². The van der Waals surface area contributed by atoms with Gasteiger partial charge >= 0.3 is 0 Å². The third kappa shape index (κ3) is 4.10. The van der Waals surface area contributed by atoms with Crippen LogP contribution in [0, 0.1) is 0 Å². The van der Waals surface area contributed by atoms with Crippen LogP contribution in [0.4, 0.5) is 8.78 Å². The van der Waals surface area contributed by atoms with E-state index in [0.717, 1.165) is 11.0 Å². The summed E-state index contributed by atoms with van der Waals surface area (Å²) >= 11 is 5.42. The molecule has 0 fully saturated rings. The molecule has 0 radical (unpaired) electrons. The minimum absolute atomic E-state index is 0.00840. The van der Waals surface area contributed by atoms with Gasteiger partial charge in [0.2, 0.25) is 0 Å². The van der Waals surface area contributed by atoms with E-state index in [1.54, 1.807) is 0 Å². The lowest BCUT2D eigenvalue weighted by Crippen LogP contribution is -2.37. The third-order valence-electron chi connectivity index (χ3n) is 1.90. The average molecular weight is 266 g/mol. The summed E-state index contributed by atoms with van der Waals surface area (Å²) in [7, 11) is 0. The fourth-order valence-corrected chi connectivity index (χ4v) is 1.37. The summed E-state index contributed by atoms with van der Waals surface area (Å²) in [6, 6.07) is 2.27. The van der Waals surface area contributed by atoms with Gasteiger partial charge in [-0.2, -0.15) is 5.10 Å². The largest absolute Gasteiger partial charge is 0.330 e. The number of carbonyl (C=O) groups is 1. The van der Waals surface area contributed by atoms with E-state index < -0.39 is 24.4 Å². The highest BCUT2D eigenvalue weighted by atomic mass is 35.5. The quantitative estimate of drug-likeness (QED) is 0.798. The van der Waals surface area contributed by atoms with Crippen LogP contribution in [0.1, 0.15) is 10.5 Å². The first kappa shape index (κ1) is 13.6. The number of alkyl halides is 3. The van der Waals surface area contributed by atoms with Crippen molar-refractivity contribution in [2.75, 3.05) is 19.0 Å². The molecule has 0 aromatic carbocycles. The maximum absolute atomic E-state index is 12.2. The summed E-state index contributed by atoms with van der Waals surface area (Å²) in [5.74, 6) is -0.649. The zero-order valence-electron chi connectivity index (χ0n) is 8.70. The number of nitrogens with one attached hydrogen (secondary N) is 1. The SMILES string of the molecule is O=C(c1ccc(=O)[nH]n1)N(CCCl)CC(F)F. The van der Waals surface area contributed by atoms with Gasteiger partial charge in [0.05, 0.1) is 6.54 Å². The molecule has 1 aromatic rings. The zero-order chi connectivity index (χ0) is 12.8. The fraction of sp³-hybridized carbons (Fsp3) is 0.444. The number of nitrogens with zero attached hydrogens (tertiary/aromatic N) is 2. The molecule has 0 bridgehead atoms. The monoisotopic (exact) mass is 265 g/mol. The molecular weight excluding hydrogens is 256 g/mol. The summed E-state index contributed by atoms with van der Waals surface area (Å²) in [5, 5.41) is 5.53. The smallest absolute Gasteiger partial charge is 0.274 e. The van der Waals surface area contributed by atoms with Crippen molar-refractivity contribution in [1.29, 1.82) is 0 Å². The van der Waals surface area contributed by atoms with Crippen molar-refractivity contribution < 1.29 is 13.6 Å². The van der Waals surface area contributed by atoms with Crippen LogP contribution in [0.5, 0.6) is 0 Å². The van der Waals surface area contributed by atoms with Crippen molar-refractivity contribution in [3.8, 4) is 0 Å². The Hall–Kier alpha value is -1.50. The molecule has 1 aromatic heterocycles. The summed E-state index contributed by atoms with van der Waals surface area (Å²) in [6.07, 6.45) is -2.65. The van der Waals surface area contributed by atoms with E-state index in [4.69, 9.17) is 11.6 Å². The second kappa shape index (κ2) is 6.29. The van der Waals surface area contributed by atoms with Gasteiger partial charge in [0.25, 0.3) is 17.9 Å². The molecule has 94 valence electrons. The molecular formula is C9H10ClF2N3O2. The molecule has 1 rings (SSSR count). The first-order chi connectivity index (χ1) is 8.04. The molecule has 0 atom stereocenters. The van der Waals surface area contributed by atoms with Gasteiger partial charge in [-0.1, -0.05) is 0 Å². The Morgan fingerprint density at radius 2 is 2.24 bits per heavy atom. The lowest BCUT2D eigenvalue weighted by molar-refractivity contribution is 0.0565. The number of hydrogen-bond donors (Lipinski definition) is 1. The molecule has 1 amide bonds. The van der Waals surface area contributed by atoms with Crippen molar-refractivity contribution in [3.63, 3.8) is 0 Å². The Kier molecular flexibility index (Phi) is 5.02. The molecule has 0 aliphatic rings. The second-order valence-corrected chi connectivity index (χ2v) is 3.52. The van der Waals surface area contributed by atoms with E-state index in [2.05, 4.69) is 10.2 Å². The van der Waals surface area contributed by atoms with E-state index in [1.807, 2.05) is 0 Å². The summed E-state index contributed by atoms with van der Waals surface area (Å²) in [6.45, 7) is -0.724. The van der Waals surface area contributed by atoms with E-state index in [0.29, 0.717) is 0 Å². The van der Waals surface area contributed by atoms with Gasteiger partial charge in [-0.25, -0.2) is 13.9 Å². The van der Waals surface area contributed by atoms with Gasteiger partial charge in [-0.05, 0) is 6.07 Å². The number of H-pyrrole nitrogens is 1. The Labute approximate surface area is 100 Å². The molecule has 0 aliphatic carbocycles. The molecule has 0 aliphatic heterocycles. The summed E-state index contributed by atoms with van der Waals surface area (Å²) in [4.78, 5) is 23.4. The standard InChI is InChI=1S/C9H10ClF2N3O2/c10-3-4-15(5-7(11)12)9(17)6-1-2-8(16)14-13-6/h1-2,7H,3-5H2,(H,14,16). The minimum atomic E-state index is -2.65. The second-order valence-electron chi connectivity index (χ2n) is 3.14. The van der Waals surface area contributed by atoms with Crippen molar-refractivity contribution in [2.45, 2.75) is 6.43 Å². The van der Waals surface area contributed by atoms with Gasteiger partial charge in [0.1, 0.15) is 5.69 Å². The number of carbonyl (C=O) groups excluding carboxylic acids is 1. The molecule has 8 heteroatoms. The topological polar surface area (TPSA) is 66.1 Å². The third-order valence-corrected chi connectivity index (χ3v) is 2.07. The zero-order valence-corrected chi connectivity index (χ0v) is 9.45. The van der Waals surface area contributed by atoms with Crippen LogP contribution >= 0.6 is 11.6 Å². The van der Waals surface area contributed by atoms with E-state index in [9.17, 15) is 18.4 Å². The number of rotatable bonds is 5. The average Bonchev–Trinajstić information content (AvgIpc) is 2.28. The minimum Gasteiger partial charge on any atom is -0.330 e. The highest BCUT2D eigenvalue weighted by Gasteiger charge is 2.20. The normalized spacial score (nSPS) is 10.6. The van der Waals surface area contributed by atoms with Crippen LogP contribution in [-0.2, 0) is 0 Å². The molecule has 0 saturated heterocycles. The lowest BCUT2D eigenvalue weighted by Gasteiger charge is -2.20. The van der Waals surface area contributed by atoms with Crippen LogP contribution < -0.4 is 5.56 Å². The van der Waals surface area contributed by atoms with Crippen LogP contribution in [0.25, 0.3) is 0 Å². The fourth-order valence-electron chi connectivity index (χ4n) is 1.17. The van der Waals surface area contributed by atoms with Gasteiger partial charge < -0.3 is 4.90 Å². The first-order valence-electron chi connectivity index (χ1n) is 4.73. The molecule has 1 heterocycles. The van der Waals surface area contributed by atoms with E-state index in [-0.39, 0.29) is 18.1 Å². The predicted molar refractivity (Wildman–Crippen MR) is 57.5 cm³/mol. The maximum atomic E-state index is 12.2. The van der Waals surface area contributed by atoms with Crippen LogP contribution in [0.2, 0.25) is 0 Å². The number of aromatic nitrogens is 2. The molecule has 17 heavy (non-hydrogen) atoms. The van der Waals surface area contributed by atoms with E-state index in [1.165, 1.54) is 6.07 Å². The number of hydrogen-bond acceptors (Lipinski definition) is 3. The molecule has 5 nitrogen and oxygen atoms in total. The van der Waals surface area contributed by atoms with E-state index >= 15 is 0 Å². The number of aromatic amines is 1. The molecule has 1 N–H and O–H groups in total. The molecule has 0 unspecified atom stereocenters. The Balaban J connectivity index is 2.83. The summed E-state index contributed by atoms with van der Waals surface area (Å²) < 4.78 is 24.5. The highest BCUT2D eigenvalue weighted by Crippen LogP contribution is 2.04. The molecule has 0 spiro atoms. The summed E-state index contributed by atoms with van der Waals surface area (Å²) in [5.41, 5.74) is -0.574. The Bertz CT molecular complexity index is 418.